The predicted octanol–water partition coefficient (Wildman–Crippen LogP) is -1.69. The minimum absolute atomic E-state index is 0.0292. The third-order valence-corrected chi connectivity index (χ3v) is 6.46. The number of rotatable bonds is 3. The average Bonchev–Trinajstić information content (AvgIpc) is 2.51. The van der Waals surface area contributed by atoms with Gasteiger partial charge in [-0.25, -0.2) is 0 Å². The van der Waals surface area contributed by atoms with Crippen molar-refractivity contribution in [1.82, 2.24) is 0 Å². The Morgan fingerprint density at radius 3 is 2.33 bits per heavy atom. The third kappa shape index (κ3) is 2.21. The van der Waals surface area contributed by atoms with Gasteiger partial charge in [-0.2, -0.15) is 0 Å². The molecule has 1 aliphatic heterocycles. The van der Waals surface area contributed by atoms with Crippen LogP contribution in [0.15, 0.2) is 0 Å². The maximum absolute atomic E-state index is 12.2. The fourth-order valence-electron chi connectivity index (χ4n) is 4.50. The lowest BCUT2D eigenvalue weighted by Gasteiger charge is -2.68. The first kappa shape index (κ1) is 18.2. The van der Waals surface area contributed by atoms with E-state index in [4.69, 9.17) is 9.47 Å². The number of aliphatic hydroxyl groups is 5. The van der Waals surface area contributed by atoms with Crippen molar-refractivity contribution in [3.05, 3.63) is 0 Å². The molecule has 1 heterocycles. The molecule has 8 nitrogen and oxygen atoms in total. The van der Waals surface area contributed by atoms with E-state index >= 15 is 0 Å². The first-order valence-electron chi connectivity index (χ1n) is 8.22. The van der Waals surface area contributed by atoms with Gasteiger partial charge in [-0.05, 0) is 13.3 Å². The Hall–Kier alpha value is -0.610. The largest absolute Gasteiger partial charge is 0.394 e. The van der Waals surface area contributed by atoms with Crippen LogP contribution in [0.2, 0.25) is 0 Å². The second-order valence-corrected chi connectivity index (χ2v) is 8.04. The van der Waals surface area contributed by atoms with Gasteiger partial charge in [0.15, 0.2) is 12.1 Å². The lowest BCUT2D eigenvalue weighted by Crippen LogP contribution is -2.76. The summed E-state index contributed by atoms with van der Waals surface area (Å²) in [5, 5.41) is 49.5. The zero-order chi connectivity index (χ0) is 18.1. The fourth-order valence-corrected chi connectivity index (χ4v) is 4.50. The summed E-state index contributed by atoms with van der Waals surface area (Å²) < 4.78 is 11.3. The number of carbonyl (C=O) groups is 1. The molecule has 138 valence electrons. The lowest BCUT2D eigenvalue weighted by molar-refractivity contribution is -0.378. The molecule has 5 N–H and O–H groups in total. The molecule has 4 rings (SSSR count). The van der Waals surface area contributed by atoms with Gasteiger partial charge in [-0.3, -0.25) is 4.79 Å². The highest BCUT2D eigenvalue weighted by Gasteiger charge is 2.73. The van der Waals surface area contributed by atoms with E-state index in [0.717, 1.165) is 0 Å². The smallest absolute Gasteiger partial charge is 0.187 e. The van der Waals surface area contributed by atoms with Crippen molar-refractivity contribution in [3.8, 4) is 0 Å². The van der Waals surface area contributed by atoms with Crippen LogP contribution in [-0.2, 0) is 14.3 Å². The predicted molar refractivity (Wildman–Crippen MR) is 79.7 cm³/mol. The van der Waals surface area contributed by atoms with Crippen LogP contribution in [0.1, 0.15) is 33.6 Å². The molecule has 8 atom stereocenters. The molecule has 0 aromatic carbocycles. The van der Waals surface area contributed by atoms with Gasteiger partial charge in [0, 0.05) is 17.8 Å². The fraction of sp³-hybridized carbons (Fsp3) is 0.938. The Morgan fingerprint density at radius 1 is 1.17 bits per heavy atom. The van der Waals surface area contributed by atoms with Gasteiger partial charge in [0.05, 0.1) is 12.2 Å². The number of hydrogen-bond acceptors (Lipinski definition) is 8. The van der Waals surface area contributed by atoms with Crippen LogP contribution in [0.5, 0.6) is 0 Å². The molecule has 0 aromatic heterocycles. The van der Waals surface area contributed by atoms with Crippen molar-refractivity contribution < 1.29 is 39.8 Å². The summed E-state index contributed by atoms with van der Waals surface area (Å²) >= 11 is 0. The highest BCUT2D eigenvalue weighted by Crippen LogP contribution is 2.66. The molecule has 3 aliphatic carbocycles. The molecule has 0 radical (unpaired) electrons. The highest BCUT2D eigenvalue weighted by molar-refractivity contribution is 5.90. The molecule has 0 aromatic rings. The highest BCUT2D eigenvalue weighted by atomic mass is 16.7. The molecular weight excluding hydrogens is 320 g/mol. The Bertz CT molecular complexity index is 530. The number of carbonyl (C=O) groups excluding carboxylic acids is 1. The van der Waals surface area contributed by atoms with E-state index in [1.165, 1.54) is 6.92 Å². The number of Topliss-reactive ketones (excluding diaryl/α,β-unsaturated/α-hetero) is 1. The van der Waals surface area contributed by atoms with E-state index in [1.54, 1.807) is 0 Å². The molecule has 0 spiro atoms. The topological polar surface area (TPSA) is 137 Å². The molecule has 3 saturated carbocycles. The molecule has 1 saturated heterocycles. The molecular formula is C16H26O8. The van der Waals surface area contributed by atoms with E-state index in [9.17, 15) is 30.3 Å². The molecule has 8 unspecified atom stereocenters. The standard InChI is InChI=1S/C16H26O8/c1-14(2)8-4-16(14,5-9(18)15(8,3)22)24-13-12(21)11(20)10(19)7(6-17)23-13/h7-8,10-13,17,19-22H,4-6H2,1-3H3. The summed E-state index contributed by atoms with van der Waals surface area (Å²) in [6.07, 6.45) is -6.45. The summed E-state index contributed by atoms with van der Waals surface area (Å²) in [5.41, 5.74) is -2.88. The molecule has 4 aliphatic rings. The van der Waals surface area contributed by atoms with Crippen LogP contribution in [0, 0.1) is 11.3 Å². The number of hydrogen-bond donors (Lipinski definition) is 5. The SMILES string of the molecule is CC1(O)C(=O)CC2(OC3OC(CO)C(O)C(O)C3O)CC1C2(C)C. The number of aliphatic hydroxyl groups excluding tert-OH is 4. The van der Waals surface area contributed by atoms with Crippen LogP contribution in [0.25, 0.3) is 0 Å². The lowest BCUT2D eigenvalue weighted by atomic mass is 9.41. The molecule has 0 amide bonds. The molecule has 24 heavy (non-hydrogen) atoms. The van der Waals surface area contributed by atoms with Crippen LogP contribution >= 0.6 is 0 Å². The first-order chi connectivity index (χ1) is 11.0. The van der Waals surface area contributed by atoms with Gasteiger partial charge in [-0.1, -0.05) is 13.8 Å². The van der Waals surface area contributed by atoms with E-state index < -0.39 is 53.9 Å². The Morgan fingerprint density at radius 2 is 1.79 bits per heavy atom. The minimum Gasteiger partial charge on any atom is -0.394 e. The quantitative estimate of drug-likeness (QED) is 0.408. The number of ether oxygens (including phenoxy) is 2. The summed E-state index contributed by atoms with van der Waals surface area (Å²) in [6.45, 7) is 4.73. The first-order valence-corrected chi connectivity index (χ1v) is 8.22. The Kier molecular flexibility index (Phi) is 4.12. The van der Waals surface area contributed by atoms with E-state index in [-0.39, 0.29) is 18.1 Å². The summed E-state index contributed by atoms with van der Waals surface area (Å²) in [6, 6.07) is 0. The average molecular weight is 346 g/mol. The Labute approximate surface area is 140 Å². The van der Waals surface area contributed by atoms with Crippen LogP contribution in [-0.4, -0.2) is 79.8 Å². The zero-order valence-electron chi connectivity index (χ0n) is 14.0. The number of fused-ring (bicyclic) bond motifs is 2. The van der Waals surface area contributed by atoms with Gasteiger partial charge in [0.1, 0.15) is 30.0 Å². The van der Waals surface area contributed by atoms with E-state index in [1.807, 2.05) is 13.8 Å². The maximum Gasteiger partial charge on any atom is 0.187 e. The van der Waals surface area contributed by atoms with Crippen molar-refractivity contribution in [2.45, 2.75) is 75.5 Å². The van der Waals surface area contributed by atoms with Gasteiger partial charge in [-0.15, -0.1) is 0 Å². The summed E-state index contributed by atoms with van der Waals surface area (Å²) in [5.74, 6) is -0.612. The van der Waals surface area contributed by atoms with Gasteiger partial charge >= 0.3 is 0 Å². The second-order valence-electron chi connectivity index (χ2n) is 8.04. The van der Waals surface area contributed by atoms with Crippen molar-refractivity contribution >= 4 is 5.78 Å². The Balaban J connectivity index is 1.82. The van der Waals surface area contributed by atoms with Crippen molar-refractivity contribution in [2.24, 2.45) is 11.3 Å². The summed E-state index contributed by atoms with van der Waals surface area (Å²) in [7, 11) is 0. The maximum atomic E-state index is 12.2. The van der Waals surface area contributed by atoms with Crippen molar-refractivity contribution in [2.75, 3.05) is 6.61 Å². The number of ketones is 1. The van der Waals surface area contributed by atoms with Gasteiger partial charge in [0.2, 0.25) is 0 Å². The third-order valence-electron chi connectivity index (χ3n) is 6.46. The van der Waals surface area contributed by atoms with E-state index in [0.29, 0.717) is 6.42 Å². The van der Waals surface area contributed by atoms with Gasteiger partial charge in [0.25, 0.3) is 0 Å². The normalized spacial score (nSPS) is 53.6. The van der Waals surface area contributed by atoms with Gasteiger partial charge < -0.3 is 35.0 Å². The molecule has 8 heteroatoms. The van der Waals surface area contributed by atoms with Crippen molar-refractivity contribution in [1.29, 1.82) is 0 Å². The van der Waals surface area contributed by atoms with Crippen LogP contribution < -0.4 is 0 Å². The molecule has 4 fully saturated rings. The van der Waals surface area contributed by atoms with Crippen LogP contribution in [0.3, 0.4) is 0 Å². The van der Waals surface area contributed by atoms with Crippen LogP contribution in [0.4, 0.5) is 0 Å². The molecule has 2 bridgehead atoms. The minimum atomic E-state index is -1.53. The second kappa shape index (κ2) is 5.44. The monoisotopic (exact) mass is 346 g/mol. The van der Waals surface area contributed by atoms with Crippen molar-refractivity contribution in [3.63, 3.8) is 0 Å². The van der Waals surface area contributed by atoms with E-state index in [2.05, 4.69) is 0 Å². The summed E-state index contributed by atoms with van der Waals surface area (Å²) in [4.78, 5) is 12.2. The zero-order valence-corrected chi connectivity index (χ0v) is 14.0.